The molecule has 0 N–H and O–H groups in total. The SMILES string of the molecule is COC1=CCC2C3Cc4ccc(OC)c5c4C2(CC(c2ccccc2)N3C)C1O5. The summed E-state index contributed by atoms with van der Waals surface area (Å²) < 4.78 is 18.3. The van der Waals surface area contributed by atoms with Crippen LogP contribution < -0.4 is 9.47 Å². The molecule has 5 unspecified atom stereocenters. The molecular formula is C25H27NO3. The second-order valence-electron chi connectivity index (χ2n) is 8.89. The van der Waals surface area contributed by atoms with Crippen molar-refractivity contribution in [3.63, 3.8) is 0 Å². The molecule has 5 atom stereocenters. The predicted octanol–water partition coefficient (Wildman–Crippen LogP) is 4.25. The standard InChI is InChI=1S/C25H27NO3/c1-26-18-13-16-9-11-20(27-2)23-22(16)25(14-19(26)15-7-5-4-6-8-15)17(18)10-12-21(28-3)24(25)29-23/h4-9,11-12,17-19,24H,10,13-14H2,1-3H3. The number of likely N-dealkylation sites (N-methyl/N-ethyl adjacent to an activating group) is 1. The van der Waals surface area contributed by atoms with Crippen LogP contribution in [-0.2, 0) is 16.6 Å². The van der Waals surface area contributed by atoms with Gasteiger partial charge in [0.1, 0.15) is 5.76 Å². The quantitative estimate of drug-likeness (QED) is 0.785. The Morgan fingerprint density at radius 3 is 2.66 bits per heavy atom. The van der Waals surface area contributed by atoms with Gasteiger partial charge in [0, 0.05) is 17.6 Å². The molecule has 4 heteroatoms. The Bertz CT molecular complexity index is 1000. The fourth-order valence-electron chi connectivity index (χ4n) is 6.74. The van der Waals surface area contributed by atoms with Crippen molar-refractivity contribution < 1.29 is 14.2 Å². The van der Waals surface area contributed by atoms with Crippen LogP contribution >= 0.6 is 0 Å². The molecule has 2 aromatic carbocycles. The summed E-state index contributed by atoms with van der Waals surface area (Å²) in [6, 6.07) is 16.1. The van der Waals surface area contributed by atoms with Gasteiger partial charge in [0.15, 0.2) is 17.6 Å². The van der Waals surface area contributed by atoms with E-state index < -0.39 is 0 Å². The summed E-state index contributed by atoms with van der Waals surface area (Å²) in [5.41, 5.74) is 4.13. The van der Waals surface area contributed by atoms with E-state index in [2.05, 4.69) is 60.5 Å². The fourth-order valence-corrected chi connectivity index (χ4v) is 6.74. The maximum atomic E-state index is 6.69. The Balaban J connectivity index is 1.60. The van der Waals surface area contributed by atoms with Crippen LogP contribution in [0.2, 0.25) is 0 Å². The average molecular weight is 389 g/mol. The highest BCUT2D eigenvalue weighted by molar-refractivity contribution is 5.62. The van der Waals surface area contributed by atoms with Gasteiger partial charge < -0.3 is 14.2 Å². The van der Waals surface area contributed by atoms with Crippen molar-refractivity contribution >= 4 is 0 Å². The van der Waals surface area contributed by atoms with Crippen LogP contribution in [0.1, 0.15) is 35.6 Å². The van der Waals surface area contributed by atoms with Crippen molar-refractivity contribution in [3.05, 3.63) is 71.0 Å². The molecule has 6 rings (SSSR count). The normalized spacial score (nSPS) is 34.1. The first-order chi connectivity index (χ1) is 14.2. The molecule has 29 heavy (non-hydrogen) atoms. The van der Waals surface area contributed by atoms with Crippen molar-refractivity contribution in [2.24, 2.45) is 5.92 Å². The van der Waals surface area contributed by atoms with Gasteiger partial charge in [-0.2, -0.15) is 0 Å². The number of rotatable bonds is 3. The lowest BCUT2D eigenvalue weighted by Gasteiger charge is -2.59. The lowest BCUT2D eigenvalue weighted by Crippen LogP contribution is -2.64. The summed E-state index contributed by atoms with van der Waals surface area (Å²) >= 11 is 0. The third kappa shape index (κ3) is 2.08. The number of methoxy groups -OCH3 is 2. The topological polar surface area (TPSA) is 30.9 Å². The van der Waals surface area contributed by atoms with Crippen molar-refractivity contribution in [3.8, 4) is 11.5 Å². The molecule has 0 amide bonds. The van der Waals surface area contributed by atoms with Gasteiger partial charge in [-0.1, -0.05) is 36.4 Å². The number of piperidine rings is 1. The lowest BCUT2D eigenvalue weighted by molar-refractivity contribution is -0.0559. The highest BCUT2D eigenvalue weighted by Gasteiger charge is 2.66. The van der Waals surface area contributed by atoms with Crippen LogP contribution in [0.4, 0.5) is 0 Å². The molecule has 2 heterocycles. The van der Waals surface area contributed by atoms with Gasteiger partial charge in [0.2, 0.25) is 0 Å². The number of likely N-dealkylation sites (tertiary alicyclic amines) is 1. The third-order valence-electron chi connectivity index (χ3n) is 7.95. The Kier molecular flexibility index (Phi) is 3.61. The van der Waals surface area contributed by atoms with Gasteiger partial charge in [0.05, 0.1) is 19.6 Å². The van der Waals surface area contributed by atoms with Crippen LogP contribution in [0.5, 0.6) is 11.5 Å². The Hall–Kier alpha value is -2.46. The number of nitrogens with zero attached hydrogens (tertiary/aromatic N) is 1. The van der Waals surface area contributed by atoms with Gasteiger partial charge in [0.25, 0.3) is 0 Å². The first-order valence-corrected chi connectivity index (χ1v) is 10.6. The predicted molar refractivity (Wildman–Crippen MR) is 111 cm³/mol. The van der Waals surface area contributed by atoms with Gasteiger partial charge >= 0.3 is 0 Å². The summed E-state index contributed by atoms with van der Waals surface area (Å²) in [6.45, 7) is 0. The highest BCUT2D eigenvalue weighted by atomic mass is 16.6. The Morgan fingerprint density at radius 2 is 1.90 bits per heavy atom. The molecule has 0 radical (unpaired) electrons. The molecule has 1 spiro atoms. The summed E-state index contributed by atoms with van der Waals surface area (Å²) in [4.78, 5) is 2.62. The monoisotopic (exact) mass is 389 g/mol. The van der Waals surface area contributed by atoms with E-state index >= 15 is 0 Å². The van der Waals surface area contributed by atoms with Crippen LogP contribution in [0, 0.1) is 5.92 Å². The first-order valence-electron chi connectivity index (χ1n) is 10.6. The van der Waals surface area contributed by atoms with E-state index in [0.29, 0.717) is 18.0 Å². The van der Waals surface area contributed by atoms with Gasteiger partial charge in [-0.05, 0) is 55.5 Å². The van der Waals surface area contributed by atoms with Gasteiger partial charge in [-0.25, -0.2) is 0 Å². The van der Waals surface area contributed by atoms with E-state index in [1.165, 1.54) is 16.7 Å². The lowest BCUT2D eigenvalue weighted by atomic mass is 9.51. The number of hydrogen-bond acceptors (Lipinski definition) is 4. The van der Waals surface area contributed by atoms with E-state index in [4.69, 9.17) is 14.2 Å². The fraction of sp³-hybridized carbons (Fsp3) is 0.440. The molecule has 150 valence electrons. The maximum Gasteiger partial charge on any atom is 0.166 e. The minimum Gasteiger partial charge on any atom is -0.497 e. The van der Waals surface area contributed by atoms with Crippen LogP contribution in [-0.4, -0.2) is 38.3 Å². The van der Waals surface area contributed by atoms with E-state index in [9.17, 15) is 0 Å². The van der Waals surface area contributed by atoms with E-state index in [0.717, 1.165) is 36.5 Å². The molecular weight excluding hydrogens is 362 g/mol. The van der Waals surface area contributed by atoms with E-state index in [1.54, 1.807) is 14.2 Å². The number of ether oxygens (including phenoxy) is 3. The molecule has 4 aliphatic rings. The minimum atomic E-state index is -0.0704. The van der Waals surface area contributed by atoms with E-state index in [1.807, 2.05) is 0 Å². The van der Waals surface area contributed by atoms with Gasteiger partial charge in [-0.15, -0.1) is 0 Å². The zero-order valence-corrected chi connectivity index (χ0v) is 17.2. The zero-order chi connectivity index (χ0) is 19.8. The molecule has 1 saturated heterocycles. The molecule has 2 aromatic rings. The van der Waals surface area contributed by atoms with Crippen molar-refractivity contribution in [2.75, 3.05) is 21.3 Å². The number of allylic oxidation sites excluding steroid dienone is 1. The molecule has 2 aliphatic carbocycles. The number of benzene rings is 2. The Morgan fingerprint density at radius 1 is 1.07 bits per heavy atom. The Labute approximate surface area is 172 Å². The third-order valence-corrected chi connectivity index (χ3v) is 7.95. The van der Waals surface area contributed by atoms with Crippen LogP contribution in [0.15, 0.2) is 54.3 Å². The smallest absolute Gasteiger partial charge is 0.166 e. The summed E-state index contributed by atoms with van der Waals surface area (Å²) in [5, 5.41) is 0. The second-order valence-corrected chi connectivity index (χ2v) is 8.89. The second kappa shape index (κ2) is 6.02. The van der Waals surface area contributed by atoms with Crippen molar-refractivity contribution in [2.45, 2.75) is 42.9 Å². The number of hydrogen-bond donors (Lipinski definition) is 0. The summed E-state index contributed by atoms with van der Waals surface area (Å²) in [7, 11) is 5.82. The molecule has 2 bridgehead atoms. The first kappa shape index (κ1) is 17.4. The summed E-state index contributed by atoms with van der Waals surface area (Å²) in [5.74, 6) is 3.29. The largest absolute Gasteiger partial charge is 0.497 e. The minimum absolute atomic E-state index is 0.0603. The van der Waals surface area contributed by atoms with Crippen molar-refractivity contribution in [1.29, 1.82) is 0 Å². The average Bonchev–Trinajstić information content (AvgIpc) is 3.11. The molecule has 0 aromatic heterocycles. The van der Waals surface area contributed by atoms with E-state index in [-0.39, 0.29) is 11.5 Å². The molecule has 1 fully saturated rings. The van der Waals surface area contributed by atoms with Crippen LogP contribution in [0.25, 0.3) is 0 Å². The zero-order valence-electron chi connectivity index (χ0n) is 17.2. The molecule has 4 nitrogen and oxygen atoms in total. The van der Waals surface area contributed by atoms with Crippen LogP contribution in [0.3, 0.4) is 0 Å². The van der Waals surface area contributed by atoms with Crippen molar-refractivity contribution in [1.82, 2.24) is 4.90 Å². The maximum absolute atomic E-state index is 6.69. The molecule has 2 aliphatic heterocycles. The molecule has 0 saturated carbocycles. The summed E-state index contributed by atoms with van der Waals surface area (Å²) in [6.07, 6.45) is 5.33. The van der Waals surface area contributed by atoms with Gasteiger partial charge in [-0.3, -0.25) is 4.90 Å². The highest BCUT2D eigenvalue weighted by Crippen LogP contribution is 2.66.